The minimum Gasteiger partial charge on any atom is -0.410 e. The first-order valence-electron chi connectivity index (χ1n) is 8.22. The van der Waals surface area contributed by atoms with E-state index >= 15 is 0 Å². The Morgan fingerprint density at radius 2 is 2.08 bits per heavy atom. The minimum atomic E-state index is -0.473. The molecule has 2 aliphatic heterocycles. The first-order valence-corrected chi connectivity index (χ1v) is 8.22. The lowest BCUT2D eigenvalue weighted by molar-refractivity contribution is 0.215. The summed E-state index contributed by atoms with van der Waals surface area (Å²) in [5.74, 6) is 0.573. The summed E-state index contributed by atoms with van der Waals surface area (Å²) in [4.78, 5) is 14.4. The van der Waals surface area contributed by atoms with E-state index in [1.807, 2.05) is 48.5 Å². The van der Waals surface area contributed by atoms with Gasteiger partial charge in [0.15, 0.2) is 0 Å². The van der Waals surface area contributed by atoms with Crippen molar-refractivity contribution in [2.24, 2.45) is 0 Å². The number of hydrogen-bond donors (Lipinski definition) is 2. The summed E-state index contributed by atoms with van der Waals surface area (Å²) in [6.07, 6.45) is 0.911. The molecule has 0 saturated carbocycles. The molecule has 0 spiro atoms. The van der Waals surface area contributed by atoms with Crippen molar-refractivity contribution in [2.45, 2.75) is 24.9 Å². The van der Waals surface area contributed by atoms with E-state index in [1.54, 1.807) is 0 Å². The zero-order valence-electron chi connectivity index (χ0n) is 13.9. The SMILES string of the molecule is CN1c2ccc(OC(=O)Nc3ccccc3)cc2[C@]2(C)CCN[C@H]12. The number of nitrogens with zero attached hydrogens (tertiary/aromatic N) is 1. The second-order valence-corrected chi connectivity index (χ2v) is 6.69. The Hall–Kier alpha value is -2.53. The van der Waals surface area contributed by atoms with E-state index < -0.39 is 6.09 Å². The van der Waals surface area contributed by atoms with Crippen LogP contribution in [0.1, 0.15) is 18.9 Å². The van der Waals surface area contributed by atoms with E-state index in [0.29, 0.717) is 11.9 Å². The Labute approximate surface area is 141 Å². The van der Waals surface area contributed by atoms with Gasteiger partial charge in [-0.15, -0.1) is 0 Å². The Bertz CT molecular complexity index is 777. The second kappa shape index (κ2) is 5.53. The third kappa shape index (κ3) is 2.32. The number of likely N-dealkylation sites (N-methyl/N-ethyl adjacent to an activating group) is 1. The Balaban J connectivity index is 1.55. The summed E-state index contributed by atoms with van der Waals surface area (Å²) in [6, 6.07) is 15.2. The zero-order chi connectivity index (χ0) is 16.7. The quantitative estimate of drug-likeness (QED) is 0.890. The minimum absolute atomic E-state index is 0.0549. The van der Waals surface area contributed by atoms with Crippen LogP contribution in [0.3, 0.4) is 0 Å². The number of benzene rings is 2. The topological polar surface area (TPSA) is 53.6 Å². The van der Waals surface area contributed by atoms with Gasteiger partial charge in [-0.2, -0.15) is 0 Å². The number of anilines is 2. The van der Waals surface area contributed by atoms with Crippen LogP contribution in [-0.4, -0.2) is 25.9 Å². The molecule has 5 nitrogen and oxygen atoms in total. The molecule has 0 radical (unpaired) electrons. The van der Waals surface area contributed by atoms with Crippen molar-refractivity contribution in [3.05, 3.63) is 54.1 Å². The molecule has 2 aromatic carbocycles. The Morgan fingerprint density at radius 1 is 1.29 bits per heavy atom. The molecule has 1 amide bonds. The van der Waals surface area contributed by atoms with Crippen LogP contribution in [0.5, 0.6) is 5.75 Å². The molecule has 5 heteroatoms. The summed E-state index contributed by atoms with van der Waals surface area (Å²) < 4.78 is 5.48. The molecular formula is C19H21N3O2. The number of carbonyl (C=O) groups is 1. The lowest BCUT2D eigenvalue weighted by Gasteiger charge is -2.27. The van der Waals surface area contributed by atoms with Crippen LogP contribution >= 0.6 is 0 Å². The third-order valence-corrected chi connectivity index (χ3v) is 5.17. The van der Waals surface area contributed by atoms with Crippen molar-refractivity contribution in [3.8, 4) is 5.75 Å². The van der Waals surface area contributed by atoms with Crippen LogP contribution in [0.15, 0.2) is 48.5 Å². The highest BCUT2D eigenvalue weighted by Gasteiger charge is 2.49. The lowest BCUT2D eigenvalue weighted by Crippen LogP contribution is -2.44. The van der Waals surface area contributed by atoms with Crippen LogP contribution in [0, 0.1) is 0 Å². The van der Waals surface area contributed by atoms with Gasteiger partial charge in [0, 0.05) is 23.8 Å². The average molecular weight is 323 g/mol. The molecule has 1 saturated heterocycles. The maximum absolute atomic E-state index is 12.1. The van der Waals surface area contributed by atoms with Gasteiger partial charge in [-0.25, -0.2) is 4.79 Å². The second-order valence-electron chi connectivity index (χ2n) is 6.69. The fourth-order valence-corrected chi connectivity index (χ4v) is 3.93. The molecule has 0 aromatic heterocycles. The number of nitrogens with one attached hydrogen (secondary N) is 2. The molecule has 0 unspecified atom stereocenters. The van der Waals surface area contributed by atoms with Gasteiger partial charge < -0.3 is 9.64 Å². The molecule has 2 aliphatic rings. The highest BCUT2D eigenvalue weighted by Crippen LogP contribution is 2.49. The van der Waals surface area contributed by atoms with Gasteiger partial charge in [0.2, 0.25) is 0 Å². The molecule has 2 N–H and O–H groups in total. The lowest BCUT2D eigenvalue weighted by atomic mass is 9.81. The number of ether oxygens (including phenoxy) is 1. The van der Waals surface area contributed by atoms with Crippen molar-refractivity contribution in [2.75, 3.05) is 23.8 Å². The van der Waals surface area contributed by atoms with Gasteiger partial charge >= 0.3 is 6.09 Å². The predicted octanol–water partition coefficient (Wildman–Crippen LogP) is 3.32. The van der Waals surface area contributed by atoms with E-state index in [1.165, 1.54) is 11.3 Å². The summed E-state index contributed by atoms with van der Waals surface area (Å²) in [6.45, 7) is 3.28. The molecule has 0 bridgehead atoms. The highest BCUT2D eigenvalue weighted by atomic mass is 16.6. The normalized spacial score (nSPS) is 24.4. The Morgan fingerprint density at radius 3 is 2.88 bits per heavy atom. The number of carbonyl (C=O) groups excluding carboxylic acids is 1. The summed E-state index contributed by atoms with van der Waals surface area (Å²) >= 11 is 0. The maximum Gasteiger partial charge on any atom is 0.417 e. The molecule has 124 valence electrons. The van der Waals surface area contributed by atoms with Crippen LogP contribution in [0.4, 0.5) is 16.2 Å². The fraction of sp³-hybridized carbons (Fsp3) is 0.316. The summed E-state index contributed by atoms with van der Waals surface area (Å²) in [5, 5.41) is 6.29. The molecule has 4 rings (SSSR count). The number of amides is 1. The smallest absolute Gasteiger partial charge is 0.410 e. The van der Waals surface area contributed by atoms with E-state index in [2.05, 4.69) is 29.5 Å². The first-order chi connectivity index (χ1) is 11.6. The zero-order valence-corrected chi connectivity index (χ0v) is 13.9. The van der Waals surface area contributed by atoms with Crippen molar-refractivity contribution in [3.63, 3.8) is 0 Å². The largest absolute Gasteiger partial charge is 0.417 e. The van der Waals surface area contributed by atoms with Gasteiger partial charge in [0.05, 0.1) is 6.17 Å². The van der Waals surface area contributed by atoms with Crippen molar-refractivity contribution in [1.82, 2.24) is 5.32 Å². The van der Waals surface area contributed by atoms with Crippen molar-refractivity contribution >= 4 is 17.5 Å². The summed E-state index contributed by atoms with van der Waals surface area (Å²) in [7, 11) is 2.11. The van der Waals surface area contributed by atoms with E-state index in [4.69, 9.17) is 4.74 Å². The molecular weight excluding hydrogens is 302 g/mol. The summed E-state index contributed by atoms with van der Waals surface area (Å²) in [5.41, 5.74) is 3.21. The molecule has 2 heterocycles. The van der Waals surface area contributed by atoms with Gasteiger partial charge in [-0.3, -0.25) is 10.6 Å². The van der Waals surface area contributed by atoms with E-state index in [9.17, 15) is 4.79 Å². The standard InChI is InChI=1S/C19H21N3O2/c1-19-10-11-20-17(19)22(2)16-9-8-14(12-15(16)19)24-18(23)21-13-6-4-3-5-7-13/h3-9,12,17,20H,10-11H2,1-2H3,(H,21,23)/t17-,19+/m1/s1. The first kappa shape index (κ1) is 15.0. The van der Waals surface area contributed by atoms with Crippen molar-refractivity contribution in [1.29, 1.82) is 0 Å². The van der Waals surface area contributed by atoms with Crippen LogP contribution in [0.25, 0.3) is 0 Å². The third-order valence-electron chi connectivity index (χ3n) is 5.17. The van der Waals surface area contributed by atoms with E-state index in [0.717, 1.165) is 18.7 Å². The van der Waals surface area contributed by atoms with Gasteiger partial charge in [0.25, 0.3) is 0 Å². The van der Waals surface area contributed by atoms with Gasteiger partial charge in [-0.05, 0) is 48.9 Å². The van der Waals surface area contributed by atoms with Gasteiger partial charge in [0.1, 0.15) is 5.75 Å². The fourth-order valence-electron chi connectivity index (χ4n) is 3.93. The van der Waals surface area contributed by atoms with Crippen molar-refractivity contribution < 1.29 is 9.53 Å². The number of fused-ring (bicyclic) bond motifs is 3. The molecule has 0 aliphatic carbocycles. The molecule has 2 aromatic rings. The average Bonchev–Trinajstić information content (AvgIpc) is 3.05. The van der Waals surface area contributed by atoms with Crippen LogP contribution in [0.2, 0.25) is 0 Å². The predicted molar refractivity (Wildman–Crippen MR) is 94.7 cm³/mol. The maximum atomic E-state index is 12.1. The number of rotatable bonds is 2. The Kier molecular flexibility index (Phi) is 3.46. The monoisotopic (exact) mass is 323 g/mol. The number of hydrogen-bond acceptors (Lipinski definition) is 4. The molecule has 24 heavy (non-hydrogen) atoms. The molecule has 2 atom stereocenters. The van der Waals surface area contributed by atoms with Crippen LogP contribution in [-0.2, 0) is 5.41 Å². The molecule has 1 fully saturated rings. The van der Waals surface area contributed by atoms with Gasteiger partial charge in [-0.1, -0.05) is 25.1 Å². The highest BCUT2D eigenvalue weighted by molar-refractivity contribution is 5.86. The number of para-hydroxylation sites is 1. The van der Waals surface area contributed by atoms with Crippen LogP contribution < -0.4 is 20.3 Å². The van der Waals surface area contributed by atoms with E-state index in [-0.39, 0.29) is 5.41 Å².